The average Bonchev–Trinajstić information content (AvgIpc) is 2.63. The third-order valence-electron chi connectivity index (χ3n) is 3.56. The Morgan fingerprint density at radius 3 is 2.67 bits per heavy atom. The van der Waals surface area contributed by atoms with Crippen LogP contribution in [0.15, 0.2) is 41.3 Å². The molecule has 2 aliphatic heterocycles. The predicted octanol–water partition coefficient (Wildman–Crippen LogP) is 1.56. The molecule has 1 aromatic carbocycles. The Morgan fingerprint density at radius 2 is 2.00 bits per heavy atom. The van der Waals surface area contributed by atoms with Crippen LogP contribution in [-0.2, 0) is 25.0 Å². The highest BCUT2D eigenvalue weighted by Crippen LogP contribution is 2.47. The SMILES string of the molecule is C=C1CC2(CCS(=O)(=O)c3ccccc32)OC1=O. The predicted molar refractivity (Wildman–Crippen MR) is 64.6 cm³/mol. The molecule has 0 aliphatic carbocycles. The molecule has 1 aromatic rings. The second-order valence-corrected chi connectivity index (χ2v) is 6.81. The normalized spacial score (nSPS) is 29.1. The molecule has 0 aromatic heterocycles. The summed E-state index contributed by atoms with van der Waals surface area (Å²) >= 11 is 0. The van der Waals surface area contributed by atoms with Crippen molar-refractivity contribution >= 4 is 15.8 Å². The minimum absolute atomic E-state index is 0.00454. The lowest BCUT2D eigenvalue weighted by Gasteiger charge is -2.33. The Balaban J connectivity index is 2.23. The van der Waals surface area contributed by atoms with Crippen LogP contribution < -0.4 is 0 Å². The van der Waals surface area contributed by atoms with Crippen LogP contribution in [0.3, 0.4) is 0 Å². The van der Waals surface area contributed by atoms with Crippen molar-refractivity contribution in [2.75, 3.05) is 5.75 Å². The van der Waals surface area contributed by atoms with Gasteiger partial charge < -0.3 is 4.74 Å². The van der Waals surface area contributed by atoms with E-state index >= 15 is 0 Å². The van der Waals surface area contributed by atoms with Crippen molar-refractivity contribution in [1.29, 1.82) is 0 Å². The van der Waals surface area contributed by atoms with Gasteiger partial charge in [-0.3, -0.25) is 0 Å². The summed E-state index contributed by atoms with van der Waals surface area (Å²) < 4.78 is 29.4. The minimum Gasteiger partial charge on any atom is -0.450 e. The summed E-state index contributed by atoms with van der Waals surface area (Å²) in [6, 6.07) is 6.73. The highest BCUT2D eigenvalue weighted by molar-refractivity contribution is 7.91. The van der Waals surface area contributed by atoms with Crippen molar-refractivity contribution in [3.05, 3.63) is 42.0 Å². The number of esters is 1. The van der Waals surface area contributed by atoms with Crippen molar-refractivity contribution in [2.24, 2.45) is 0 Å². The van der Waals surface area contributed by atoms with Crippen molar-refractivity contribution < 1.29 is 17.9 Å². The van der Waals surface area contributed by atoms with Crippen LogP contribution in [0.2, 0.25) is 0 Å². The Hall–Kier alpha value is -1.62. The number of ether oxygens (including phenoxy) is 1. The zero-order valence-electron chi connectivity index (χ0n) is 9.68. The summed E-state index contributed by atoms with van der Waals surface area (Å²) in [6.07, 6.45) is 0.676. The molecule has 5 heteroatoms. The first-order valence-corrected chi connectivity index (χ1v) is 7.33. The Kier molecular flexibility index (Phi) is 2.20. The molecule has 0 amide bonds. The lowest BCUT2D eigenvalue weighted by Crippen LogP contribution is -2.35. The van der Waals surface area contributed by atoms with E-state index in [1.54, 1.807) is 24.3 Å². The van der Waals surface area contributed by atoms with E-state index in [2.05, 4.69) is 6.58 Å². The monoisotopic (exact) mass is 264 g/mol. The summed E-state index contributed by atoms with van der Waals surface area (Å²) in [6.45, 7) is 3.67. The summed E-state index contributed by atoms with van der Waals surface area (Å²) in [5.41, 5.74) is 0.170. The summed E-state index contributed by atoms with van der Waals surface area (Å²) in [7, 11) is -3.26. The smallest absolute Gasteiger partial charge is 0.334 e. The van der Waals surface area contributed by atoms with Gasteiger partial charge in [-0.1, -0.05) is 24.8 Å². The number of fused-ring (bicyclic) bond motifs is 2. The quantitative estimate of drug-likeness (QED) is 0.527. The van der Waals surface area contributed by atoms with Gasteiger partial charge in [0.05, 0.1) is 10.6 Å². The lowest BCUT2D eigenvalue weighted by atomic mass is 9.87. The topological polar surface area (TPSA) is 60.4 Å². The highest BCUT2D eigenvalue weighted by atomic mass is 32.2. The molecule has 0 N–H and O–H groups in total. The number of hydrogen-bond acceptors (Lipinski definition) is 4. The second kappa shape index (κ2) is 3.45. The van der Waals surface area contributed by atoms with E-state index in [-0.39, 0.29) is 10.6 Å². The molecular formula is C13H12O4S. The number of carbonyl (C=O) groups excluding carboxylic acids is 1. The highest BCUT2D eigenvalue weighted by Gasteiger charge is 2.49. The average molecular weight is 264 g/mol. The molecule has 1 fully saturated rings. The molecule has 2 aliphatic rings. The van der Waals surface area contributed by atoms with E-state index in [1.165, 1.54) is 0 Å². The van der Waals surface area contributed by atoms with Crippen LogP contribution in [-0.4, -0.2) is 20.1 Å². The molecule has 0 radical (unpaired) electrons. The van der Waals surface area contributed by atoms with Gasteiger partial charge in [-0.05, 0) is 6.07 Å². The van der Waals surface area contributed by atoms with Gasteiger partial charge >= 0.3 is 5.97 Å². The summed E-state index contributed by atoms with van der Waals surface area (Å²) in [4.78, 5) is 11.8. The molecule has 94 valence electrons. The molecular weight excluding hydrogens is 252 g/mol. The number of benzene rings is 1. The van der Waals surface area contributed by atoms with Crippen molar-refractivity contribution in [2.45, 2.75) is 23.3 Å². The van der Waals surface area contributed by atoms with Crippen LogP contribution >= 0.6 is 0 Å². The molecule has 0 bridgehead atoms. The fourth-order valence-corrected chi connectivity index (χ4v) is 4.34. The third-order valence-corrected chi connectivity index (χ3v) is 5.33. The summed E-state index contributed by atoms with van der Waals surface area (Å²) in [5, 5.41) is 0. The first-order chi connectivity index (χ1) is 8.45. The standard InChI is InChI=1S/C13H12O4S/c1-9-8-13(17-12(9)14)6-7-18(15,16)11-5-3-2-4-10(11)13/h2-5H,1,6-8H2. The van der Waals surface area contributed by atoms with Crippen LogP contribution in [0.25, 0.3) is 0 Å². The third kappa shape index (κ3) is 1.43. The van der Waals surface area contributed by atoms with Gasteiger partial charge in [0.1, 0.15) is 5.60 Å². The number of rotatable bonds is 0. The number of hydrogen-bond donors (Lipinski definition) is 0. The van der Waals surface area contributed by atoms with Crippen molar-refractivity contribution in [1.82, 2.24) is 0 Å². The van der Waals surface area contributed by atoms with E-state index in [0.717, 1.165) is 0 Å². The van der Waals surface area contributed by atoms with Crippen molar-refractivity contribution in [3.8, 4) is 0 Å². The number of carbonyl (C=O) groups is 1. The second-order valence-electron chi connectivity index (χ2n) is 4.73. The minimum atomic E-state index is -3.26. The van der Waals surface area contributed by atoms with Crippen molar-refractivity contribution in [3.63, 3.8) is 0 Å². The molecule has 1 unspecified atom stereocenters. The Morgan fingerprint density at radius 1 is 1.28 bits per heavy atom. The largest absolute Gasteiger partial charge is 0.450 e. The Bertz CT molecular complexity index is 641. The zero-order valence-corrected chi connectivity index (χ0v) is 10.5. The van der Waals surface area contributed by atoms with E-state index in [4.69, 9.17) is 4.74 Å². The van der Waals surface area contributed by atoms with Gasteiger partial charge in [-0.15, -0.1) is 0 Å². The zero-order chi connectivity index (χ0) is 13.0. The Labute approximate surface area is 105 Å². The molecule has 0 saturated carbocycles. The molecule has 4 nitrogen and oxygen atoms in total. The molecule has 3 rings (SSSR count). The maximum absolute atomic E-state index is 12.0. The molecule has 1 saturated heterocycles. The molecule has 1 atom stereocenters. The molecule has 1 spiro atoms. The van der Waals surface area contributed by atoms with E-state index in [9.17, 15) is 13.2 Å². The first-order valence-electron chi connectivity index (χ1n) is 5.68. The van der Waals surface area contributed by atoms with E-state index in [1.807, 2.05) is 0 Å². The first kappa shape index (κ1) is 11.5. The van der Waals surface area contributed by atoms with E-state index < -0.39 is 21.4 Å². The van der Waals surface area contributed by atoms with Gasteiger partial charge in [-0.2, -0.15) is 0 Å². The summed E-state index contributed by atoms with van der Waals surface area (Å²) in [5.74, 6) is -0.422. The fourth-order valence-electron chi connectivity index (χ4n) is 2.65. The van der Waals surface area contributed by atoms with Gasteiger partial charge in [0.2, 0.25) is 0 Å². The van der Waals surface area contributed by atoms with Gasteiger partial charge in [0, 0.05) is 24.0 Å². The van der Waals surface area contributed by atoms with Gasteiger partial charge in [0.15, 0.2) is 9.84 Å². The van der Waals surface area contributed by atoms with E-state index in [0.29, 0.717) is 24.0 Å². The van der Waals surface area contributed by atoms with Crippen LogP contribution in [0.4, 0.5) is 0 Å². The van der Waals surface area contributed by atoms with Crippen LogP contribution in [0, 0.1) is 0 Å². The van der Waals surface area contributed by atoms with Gasteiger partial charge in [-0.25, -0.2) is 13.2 Å². The lowest BCUT2D eigenvalue weighted by molar-refractivity contribution is -0.147. The van der Waals surface area contributed by atoms with Gasteiger partial charge in [0.25, 0.3) is 0 Å². The van der Waals surface area contributed by atoms with Crippen LogP contribution in [0.1, 0.15) is 18.4 Å². The maximum Gasteiger partial charge on any atom is 0.334 e. The molecule has 2 heterocycles. The number of sulfone groups is 1. The molecule has 18 heavy (non-hydrogen) atoms. The fraction of sp³-hybridized carbons (Fsp3) is 0.308. The van der Waals surface area contributed by atoms with Crippen LogP contribution in [0.5, 0.6) is 0 Å². The maximum atomic E-state index is 12.0.